The number of alkyl halides is 3. The second kappa shape index (κ2) is 11.2. The van der Waals surface area contributed by atoms with Crippen molar-refractivity contribution in [3.63, 3.8) is 0 Å². The van der Waals surface area contributed by atoms with Crippen molar-refractivity contribution < 1.29 is 22.8 Å². The zero-order valence-corrected chi connectivity index (χ0v) is 20.6. The first-order chi connectivity index (χ1) is 17.3. The van der Waals surface area contributed by atoms with Crippen LogP contribution in [-0.4, -0.2) is 40.0 Å². The molecular weight excluding hydrogens is 489 g/mol. The quantitative estimate of drug-likeness (QED) is 0.360. The van der Waals surface area contributed by atoms with Crippen molar-refractivity contribution in [2.24, 2.45) is 5.92 Å². The van der Waals surface area contributed by atoms with Crippen LogP contribution in [0.2, 0.25) is 0 Å². The summed E-state index contributed by atoms with van der Waals surface area (Å²) in [5.74, 6) is -0.0103. The van der Waals surface area contributed by atoms with E-state index in [-0.39, 0.29) is 35.2 Å². The largest absolute Gasteiger partial charge is 0.416 e. The molecule has 36 heavy (non-hydrogen) atoms. The standard InChI is InChI=1S/C26H27F3N4O2S/c1-2-3-14-33(24(35)21-16-20(21)17-7-5-4-6-8-17)15-13-22(34)30-25-32-31-23(36-25)18-9-11-19(12-10-18)26(27,28)29/h4-12,20-21H,2-3,13-16H2,1H3,(H,30,32,34)/t20-,21+/m0/s1. The molecule has 2 amide bonds. The monoisotopic (exact) mass is 516 g/mol. The lowest BCUT2D eigenvalue weighted by atomic mass is 10.1. The molecule has 6 nitrogen and oxygen atoms in total. The van der Waals surface area contributed by atoms with Crippen molar-refractivity contribution in [1.82, 2.24) is 15.1 Å². The van der Waals surface area contributed by atoms with E-state index in [2.05, 4.69) is 22.4 Å². The number of carbonyl (C=O) groups is 2. The predicted octanol–water partition coefficient (Wildman–Crippen LogP) is 5.98. The summed E-state index contributed by atoms with van der Waals surface area (Å²) in [4.78, 5) is 27.4. The molecule has 0 unspecified atom stereocenters. The average molecular weight is 517 g/mol. The van der Waals surface area contributed by atoms with Crippen LogP contribution in [0.1, 0.15) is 49.7 Å². The lowest BCUT2D eigenvalue weighted by Gasteiger charge is -2.22. The zero-order valence-electron chi connectivity index (χ0n) is 19.8. The van der Waals surface area contributed by atoms with Crippen molar-refractivity contribution in [3.05, 3.63) is 65.7 Å². The summed E-state index contributed by atoms with van der Waals surface area (Å²) in [6, 6.07) is 14.6. The first-order valence-electron chi connectivity index (χ1n) is 11.9. The third-order valence-electron chi connectivity index (χ3n) is 6.17. The lowest BCUT2D eigenvalue weighted by molar-refractivity contribution is -0.137. The molecule has 3 aromatic rings. The Morgan fingerprint density at radius 2 is 1.78 bits per heavy atom. The minimum absolute atomic E-state index is 0.0400. The Morgan fingerprint density at radius 1 is 1.06 bits per heavy atom. The van der Waals surface area contributed by atoms with E-state index in [1.165, 1.54) is 17.7 Å². The highest BCUT2D eigenvalue weighted by molar-refractivity contribution is 7.18. The smallest absolute Gasteiger partial charge is 0.342 e. The maximum atomic E-state index is 13.1. The average Bonchev–Trinajstić information content (AvgIpc) is 3.54. The Kier molecular flexibility index (Phi) is 8.03. The van der Waals surface area contributed by atoms with Crippen LogP contribution in [-0.2, 0) is 15.8 Å². The number of benzene rings is 2. The van der Waals surface area contributed by atoms with E-state index in [0.717, 1.165) is 42.7 Å². The molecule has 1 saturated carbocycles. The summed E-state index contributed by atoms with van der Waals surface area (Å²) in [6.07, 6.45) is -1.65. The number of nitrogens with one attached hydrogen (secondary N) is 1. The van der Waals surface area contributed by atoms with E-state index in [0.29, 0.717) is 23.7 Å². The van der Waals surface area contributed by atoms with Crippen molar-refractivity contribution >= 4 is 28.3 Å². The highest BCUT2D eigenvalue weighted by Crippen LogP contribution is 2.48. The van der Waals surface area contributed by atoms with Gasteiger partial charge in [0.05, 0.1) is 5.56 Å². The second-order valence-electron chi connectivity index (χ2n) is 8.82. The van der Waals surface area contributed by atoms with Gasteiger partial charge in [-0.15, -0.1) is 10.2 Å². The van der Waals surface area contributed by atoms with Gasteiger partial charge in [0.2, 0.25) is 16.9 Å². The van der Waals surface area contributed by atoms with Crippen LogP contribution in [0.3, 0.4) is 0 Å². The summed E-state index contributed by atoms with van der Waals surface area (Å²) in [5.41, 5.74) is 0.909. The summed E-state index contributed by atoms with van der Waals surface area (Å²) in [5, 5.41) is 11.2. The first kappa shape index (κ1) is 25.8. The Bertz CT molecular complexity index is 1180. The molecule has 1 aliphatic carbocycles. The molecule has 2 atom stereocenters. The van der Waals surface area contributed by atoms with E-state index < -0.39 is 11.7 Å². The molecular formula is C26H27F3N4O2S. The molecule has 0 spiro atoms. The number of hydrogen-bond acceptors (Lipinski definition) is 5. The van der Waals surface area contributed by atoms with Gasteiger partial charge in [0, 0.05) is 31.0 Å². The molecule has 2 aromatic carbocycles. The zero-order chi connectivity index (χ0) is 25.7. The highest BCUT2D eigenvalue weighted by Gasteiger charge is 2.45. The molecule has 1 heterocycles. The fourth-order valence-corrected chi connectivity index (χ4v) is 4.83. The Morgan fingerprint density at radius 3 is 2.44 bits per heavy atom. The number of halogens is 3. The van der Waals surface area contributed by atoms with Gasteiger partial charge < -0.3 is 10.2 Å². The van der Waals surface area contributed by atoms with Crippen LogP contribution in [0, 0.1) is 5.92 Å². The van der Waals surface area contributed by atoms with Gasteiger partial charge in [0.15, 0.2) is 0 Å². The number of anilines is 1. The maximum absolute atomic E-state index is 13.1. The minimum Gasteiger partial charge on any atom is -0.342 e. The van der Waals surface area contributed by atoms with Gasteiger partial charge in [-0.05, 0) is 36.5 Å². The molecule has 1 fully saturated rings. The van der Waals surface area contributed by atoms with Gasteiger partial charge in [-0.3, -0.25) is 9.59 Å². The van der Waals surface area contributed by atoms with E-state index in [1.54, 1.807) is 4.90 Å². The molecule has 1 aromatic heterocycles. The minimum atomic E-state index is -4.41. The third kappa shape index (κ3) is 6.48. The molecule has 0 saturated heterocycles. The summed E-state index contributed by atoms with van der Waals surface area (Å²) < 4.78 is 38.3. The fourth-order valence-electron chi connectivity index (χ4n) is 4.06. The molecule has 1 aliphatic rings. The van der Waals surface area contributed by atoms with Gasteiger partial charge in [0.1, 0.15) is 5.01 Å². The molecule has 4 rings (SSSR count). The molecule has 10 heteroatoms. The fraction of sp³-hybridized carbons (Fsp3) is 0.385. The third-order valence-corrected chi connectivity index (χ3v) is 7.06. The summed E-state index contributed by atoms with van der Waals surface area (Å²) in [7, 11) is 0. The summed E-state index contributed by atoms with van der Waals surface area (Å²) in [6.45, 7) is 2.98. The van der Waals surface area contributed by atoms with Crippen LogP contribution in [0.25, 0.3) is 10.6 Å². The Balaban J connectivity index is 1.31. The number of nitrogens with zero attached hydrogens (tertiary/aromatic N) is 3. The first-order valence-corrected chi connectivity index (χ1v) is 12.7. The normalized spacial score (nSPS) is 17.0. The van der Waals surface area contributed by atoms with E-state index >= 15 is 0 Å². The number of rotatable bonds is 10. The topological polar surface area (TPSA) is 75.2 Å². The molecule has 1 N–H and O–H groups in total. The van der Waals surface area contributed by atoms with Gasteiger partial charge >= 0.3 is 6.18 Å². The molecule has 0 aliphatic heterocycles. The van der Waals surface area contributed by atoms with E-state index in [9.17, 15) is 22.8 Å². The Labute approximate surface area is 211 Å². The van der Waals surface area contributed by atoms with Crippen molar-refractivity contribution in [3.8, 4) is 10.6 Å². The van der Waals surface area contributed by atoms with Gasteiger partial charge in [-0.2, -0.15) is 13.2 Å². The Hall–Kier alpha value is -3.27. The van der Waals surface area contributed by atoms with Gasteiger partial charge in [-0.25, -0.2) is 0 Å². The van der Waals surface area contributed by atoms with Crippen molar-refractivity contribution in [2.75, 3.05) is 18.4 Å². The lowest BCUT2D eigenvalue weighted by Crippen LogP contribution is -2.36. The molecule has 190 valence electrons. The van der Waals surface area contributed by atoms with Crippen molar-refractivity contribution in [2.45, 2.75) is 44.7 Å². The van der Waals surface area contributed by atoms with Crippen LogP contribution < -0.4 is 5.32 Å². The van der Waals surface area contributed by atoms with Crippen LogP contribution in [0.4, 0.5) is 18.3 Å². The molecule has 0 bridgehead atoms. The number of aromatic nitrogens is 2. The summed E-state index contributed by atoms with van der Waals surface area (Å²) >= 11 is 1.08. The number of hydrogen-bond donors (Lipinski definition) is 1. The number of amides is 2. The second-order valence-corrected chi connectivity index (χ2v) is 9.80. The van der Waals surface area contributed by atoms with Crippen LogP contribution in [0.5, 0.6) is 0 Å². The van der Waals surface area contributed by atoms with Crippen molar-refractivity contribution in [1.29, 1.82) is 0 Å². The van der Waals surface area contributed by atoms with Gasteiger partial charge in [0.25, 0.3) is 0 Å². The van der Waals surface area contributed by atoms with Gasteiger partial charge in [-0.1, -0.05) is 67.1 Å². The van der Waals surface area contributed by atoms with E-state index in [1.807, 2.05) is 30.3 Å². The molecule has 0 radical (unpaired) electrons. The predicted molar refractivity (Wildman–Crippen MR) is 132 cm³/mol. The van der Waals surface area contributed by atoms with Crippen LogP contribution in [0.15, 0.2) is 54.6 Å². The number of carbonyl (C=O) groups excluding carboxylic acids is 2. The maximum Gasteiger partial charge on any atom is 0.416 e. The number of unbranched alkanes of at least 4 members (excludes halogenated alkanes) is 1. The van der Waals surface area contributed by atoms with E-state index in [4.69, 9.17) is 0 Å². The highest BCUT2D eigenvalue weighted by atomic mass is 32.1. The van der Waals surface area contributed by atoms with Crippen LogP contribution >= 0.6 is 11.3 Å². The SMILES string of the molecule is CCCCN(CCC(=O)Nc1nnc(-c2ccc(C(F)(F)F)cc2)s1)C(=O)[C@@H]1C[C@H]1c1ccccc1.